The summed E-state index contributed by atoms with van der Waals surface area (Å²) in [5.41, 5.74) is 2.11. The number of benzene rings is 2. The van der Waals surface area contributed by atoms with E-state index in [0.29, 0.717) is 17.1 Å². The molecule has 6 heteroatoms. The van der Waals surface area contributed by atoms with Crippen LogP contribution in [0.15, 0.2) is 48.7 Å². The van der Waals surface area contributed by atoms with Crippen molar-refractivity contribution < 1.29 is 19.1 Å². The van der Waals surface area contributed by atoms with Gasteiger partial charge in [0.05, 0.1) is 19.8 Å². The van der Waals surface area contributed by atoms with Crippen LogP contribution in [0.4, 0.5) is 0 Å². The van der Waals surface area contributed by atoms with Crippen LogP contribution in [0.5, 0.6) is 11.5 Å². The van der Waals surface area contributed by atoms with E-state index < -0.39 is 11.7 Å². The van der Waals surface area contributed by atoms with Gasteiger partial charge in [-0.15, -0.1) is 0 Å². The van der Waals surface area contributed by atoms with Gasteiger partial charge >= 0.3 is 0 Å². The van der Waals surface area contributed by atoms with E-state index in [4.69, 9.17) is 9.47 Å². The average Bonchev–Trinajstić information content (AvgIpc) is 3.02. The third-order valence-corrected chi connectivity index (χ3v) is 4.25. The molecule has 0 radical (unpaired) electrons. The van der Waals surface area contributed by atoms with Crippen molar-refractivity contribution in [2.75, 3.05) is 14.2 Å². The van der Waals surface area contributed by atoms with Crippen molar-refractivity contribution in [2.24, 2.45) is 7.05 Å². The zero-order valence-electron chi connectivity index (χ0n) is 14.9. The van der Waals surface area contributed by atoms with Crippen molar-refractivity contribution >= 4 is 22.6 Å². The summed E-state index contributed by atoms with van der Waals surface area (Å²) in [6.07, 6.45) is 1.68. The van der Waals surface area contributed by atoms with Gasteiger partial charge in [-0.2, -0.15) is 0 Å². The van der Waals surface area contributed by atoms with E-state index in [2.05, 4.69) is 5.32 Å². The van der Waals surface area contributed by atoms with Gasteiger partial charge < -0.3 is 19.4 Å². The number of fused-ring (bicyclic) bond motifs is 1. The molecule has 26 heavy (non-hydrogen) atoms. The maximum atomic E-state index is 12.5. The number of hydrogen-bond donors (Lipinski definition) is 1. The molecule has 3 rings (SSSR count). The maximum Gasteiger partial charge on any atom is 0.292 e. The zero-order chi connectivity index (χ0) is 18.7. The fourth-order valence-corrected chi connectivity index (χ4v) is 2.90. The molecule has 1 N–H and O–H groups in total. The Morgan fingerprint density at radius 3 is 2.50 bits per heavy atom. The van der Waals surface area contributed by atoms with Gasteiger partial charge in [0.1, 0.15) is 0 Å². The summed E-state index contributed by atoms with van der Waals surface area (Å²) in [5.74, 6) is -0.0209. The number of carbonyl (C=O) groups excluding carboxylic acids is 2. The molecule has 0 fully saturated rings. The summed E-state index contributed by atoms with van der Waals surface area (Å²) in [6.45, 7) is 0.218. The smallest absolute Gasteiger partial charge is 0.292 e. The molecule has 1 amide bonds. The molecule has 0 atom stereocenters. The Bertz CT molecular complexity index is 975. The van der Waals surface area contributed by atoms with Gasteiger partial charge in [0.15, 0.2) is 11.5 Å². The van der Waals surface area contributed by atoms with Crippen molar-refractivity contribution in [1.82, 2.24) is 9.88 Å². The van der Waals surface area contributed by atoms with Gasteiger partial charge in [-0.3, -0.25) is 9.59 Å². The minimum absolute atomic E-state index is 0.218. The van der Waals surface area contributed by atoms with Crippen molar-refractivity contribution in [3.8, 4) is 11.5 Å². The molecule has 1 aromatic heterocycles. The van der Waals surface area contributed by atoms with Gasteiger partial charge in [-0.1, -0.05) is 24.3 Å². The van der Waals surface area contributed by atoms with Gasteiger partial charge in [0.2, 0.25) is 0 Å². The van der Waals surface area contributed by atoms with Crippen LogP contribution in [0.1, 0.15) is 15.9 Å². The number of rotatable bonds is 6. The second-order valence-corrected chi connectivity index (χ2v) is 5.87. The molecule has 0 saturated heterocycles. The topological polar surface area (TPSA) is 69.6 Å². The Hall–Kier alpha value is -3.28. The Morgan fingerprint density at radius 2 is 1.77 bits per heavy atom. The summed E-state index contributed by atoms with van der Waals surface area (Å²) >= 11 is 0. The highest BCUT2D eigenvalue weighted by Gasteiger charge is 2.20. The molecule has 0 aliphatic carbocycles. The summed E-state index contributed by atoms with van der Waals surface area (Å²) in [4.78, 5) is 24.9. The van der Waals surface area contributed by atoms with E-state index in [0.717, 1.165) is 16.5 Å². The normalized spacial score (nSPS) is 10.6. The lowest BCUT2D eigenvalue weighted by Crippen LogP contribution is -2.30. The Kier molecular flexibility index (Phi) is 4.93. The monoisotopic (exact) mass is 352 g/mol. The lowest BCUT2D eigenvalue weighted by atomic mass is 10.1. The molecule has 0 aliphatic rings. The second-order valence-electron chi connectivity index (χ2n) is 5.87. The predicted octanol–water partition coefficient (Wildman–Crippen LogP) is 2.69. The first kappa shape index (κ1) is 17.5. The number of amides is 1. The number of nitrogens with one attached hydrogen (secondary N) is 1. The highest BCUT2D eigenvalue weighted by molar-refractivity contribution is 6.44. The molecule has 1 heterocycles. The molecule has 0 saturated carbocycles. The third kappa shape index (κ3) is 3.26. The number of para-hydroxylation sites is 1. The van der Waals surface area contributed by atoms with Crippen LogP contribution < -0.4 is 14.8 Å². The van der Waals surface area contributed by atoms with Crippen LogP contribution >= 0.6 is 0 Å². The lowest BCUT2D eigenvalue weighted by Gasteiger charge is -2.10. The fourth-order valence-electron chi connectivity index (χ4n) is 2.90. The van der Waals surface area contributed by atoms with Gasteiger partial charge in [-0.25, -0.2) is 0 Å². The number of aryl methyl sites for hydroxylation is 1. The van der Waals surface area contributed by atoms with Crippen molar-refractivity contribution in [1.29, 1.82) is 0 Å². The van der Waals surface area contributed by atoms with Gasteiger partial charge in [0, 0.05) is 30.7 Å². The highest BCUT2D eigenvalue weighted by atomic mass is 16.5. The van der Waals surface area contributed by atoms with Crippen molar-refractivity contribution in [3.05, 3.63) is 59.8 Å². The number of aromatic nitrogens is 1. The number of hydrogen-bond acceptors (Lipinski definition) is 4. The lowest BCUT2D eigenvalue weighted by molar-refractivity contribution is -0.117. The summed E-state index contributed by atoms with van der Waals surface area (Å²) in [7, 11) is 4.95. The molecule has 0 bridgehead atoms. The number of Topliss-reactive ketones (excluding diaryl/α,β-unsaturated/α-hetero) is 1. The van der Waals surface area contributed by atoms with Gasteiger partial charge in [-0.05, 0) is 23.8 Å². The van der Waals surface area contributed by atoms with Crippen LogP contribution in [0.2, 0.25) is 0 Å². The molecule has 2 aromatic carbocycles. The highest BCUT2D eigenvalue weighted by Crippen LogP contribution is 2.27. The maximum absolute atomic E-state index is 12.5. The van der Waals surface area contributed by atoms with Gasteiger partial charge in [0.25, 0.3) is 11.7 Å². The van der Waals surface area contributed by atoms with E-state index in [-0.39, 0.29) is 6.54 Å². The fraction of sp³-hybridized carbons (Fsp3) is 0.200. The first-order valence-electron chi connectivity index (χ1n) is 8.12. The molecule has 3 aromatic rings. The van der Waals surface area contributed by atoms with Crippen molar-refractivity contribution in [2.45, 2.75) is 6.54 Å². The SMILES string of the molecule is COc1ccc(CNC(=O)C(=O)c2cn(C)c3ccccc23)cc1OC. The summed E-state index contributed by atoms with van der Waals surface area (Å²) in [5, 5.41) is 3.43. The number of ether oxygens (including phenoxy) is 2. The second kappa shape index (κ2) is 7.31. The predicted molar refractivity (Wildman–Crippen MR) is 98.6 cm³/mol. The average molecular weight is 352 g/mol. The minimum atomic E-state index is -0.642. The molecule has 0 spiro atoms. The number of methoxy groups -OCH3 is 2. The largest absolute Gasteiger partial charge is 0.493 e. The molecule has 134 valence electrons. The number of nitrogens with zero attached hydrogens (tertiary/aromatic N) is 1. The summed E-state index contributed by atoms with van der Waals surface area (Å²) < 4.78 is 12.3. The van der Waals surface area contributed by atoms with E-state index in [1.54, 1.807) is 32.5 Å². The number of ketones is 1. The minimum Gasteiger partial charge on any atom is -0.493 e. The third-order valence-electron chi connectivity index (χ3n) is 4.25. The zero-order valence-corrected chi connectivity index (χ0v) is 14.9. The molecule has 6 nitrogen and oxygen atoms in total. The van der Waals surface area contributed by atoms with Crippen LogP contribution in [-0.2, 0) is 18.4 Å². The molecular formula is C20H20N2O4. The van der Waals surface area contributed by atoms with E-state index in [9.17, 15) is 9.59 Å². The quantitative estimate of drug-likeness (QED) is 0.547. The Morgan fingerprint density at radius 1 is 1.04 bits per heavy atom. The van der Waals surface area contributed by atoms with Crippen LogP contribution in [0.3, 0.4) is 0 Å². The first-order chi connectivity index (χ1) is 12.5. The Labute approximate surface area is 151 Å². The first-order valence-corrected chi connectivity index (χ1v) is 8.12. The Balaban J connectivity index is 1.75. The van der Waals surface area contributed by atoms with Crippen molar-refractivity contribution in [3.63, 3.8) is 0 Å². The summed E-state index contributed by atoms with van der Waals surface area (Å²) in [6, 6.07) is 12.8. The standard InChI is InChI=1S/C20H20N2O4/c1-22-12-15(14-6-4-5-7-16(14)22)19(23)20(24)21-11-13-8-9-17(25-2)18(10-13)26-3/h4-10,12H,11H2,1-3H3,(H,21,24). The molecule has 0 unspecified atom stereocenters. The number of carbonyl (C=O) groups is 2. The molecular weight excluding hydrogens is 332 g/mol. The van der Waals surface area contributed by atoms with Crippen LogP contribution in [0.25, 0.3) is 10.9 Å². The molecule has 0 aliphatic heterocycles. The van der Waals surface area contributed by atoms with Crippen LogP contribution in [-0.4, -0.2) is 30.5 Å². The van der Waals surface area contributed by atoms with E-state index in [1.165, 1.54) is 0 Å². The van der Waals surface area contributed by atoms with E-state index >= 15 is 0 Å². The van der Waals surface area contributed by atoms with Crippen LogP contribution in [0, 0.1) is 0 Å². The van der Waals surface area contributed by atoms with E-state index in [1.807, 2.05) is 41.9 Å².